The number of carbonyl (C=O) groups excluding carboxylic acids is 3. The van der Waals surface area contributed by atoms with E-state index in [1.807, 2.05) is 0 Å². The third kappa shape index (κ3) is 3.38. The van der Waals surface area contributed by atoms with Crippen LogP contribution in [-0.4, -0.2) is 56.7 Å². The lowest BCUT2D eigenvalue weighted by atomic mass is 10.0. The van der Waals surface area contributed by atoms with Crippen molar-refractivity contribution < 1.29 is 22.8 Å². The molecular weight excluding hydrogens is 420 g/mol. The highest BCUT2D eigenvalue weighted by molar-refractivity contribution is 7.90. The summed E-state index contributed by atoms with van der Waals surface area (Å²) < 4.78 is 27.9. The topological polar surface area (TPSA) is 125 Å². The first-order valence-corrected chi connectivity index (χ1v) is 11.6. The van der Waals surface area contributed by atoms with E-state index in [1.165, 1.54) is 13.0 Å². The van der Waals surface area contributed by atoms with Crippen LogP contribution in [-0.2, 0) is 24.4 Å². The Balaban J connectivity index is 1.53. The number of nitrogens with one attached hydrogen (secondary N) is 3. The summed E-state index contributed by atoms with van der Waals surface area (Å²) in [6.45, 7) is 6.02. The van der Waals surface area contributed by atoms with E-state index in [0.29, 0.717) is 25.2 Å². The molecule has 2 aliphatic carbocycles. The Labute approximate surface area is 181 Å². The largest absolute Gasteiger partial charge is 0.387 e. The number of likely N-dealkylation sites (tertiary alicyclic amines) is 1. The molecule has 1 aromatic carbocycles. The van der Waals surface area contributed by atoms with E-state index < -0.39 is 26.9 Å². The van der Waals surface area contributed by atoms with Crippen molar-refractivity contribution in [1.82, 2.24) is 14.9 Å². The Hall–Kier alpha value is -2.88. The number of rotatable bonds is 7. The second-order valence-corrected chi connectivity index (χ2v) is 10.3. The molecule has 166 valence electrons. The summed E-state index contributed by atoms with van der Waals surface area (Å²) in [4.78, 5) is 39.4. The molecule has 1 aliphatic heterocycles. The summed E-state index contributed by atoms with van der Waals surface area (Å²) in [6.07, 6.45) is 2.48. The van der Waals surface area contributed by atoms with Crippen LogP contribution in [0.2, 0.25) is 0 Å². The molecule has 3 fully saturated rings. The van der Waals surface area contributed by atoms with E-state index in [4.69, 9.17) is 0 Å². The molecule has 3 amide bonds. The first-order chi connectivity index (χ1) is 14.6. The van der Waals surface area contributed by atoms with Gasteiger partial charge in [-0.25, -0.2) is 13.1 Å². The van der Waals surface area contributed by atoms with Crippen molar-refractivity contribution in [2.75, 3.05) is 25.5 Å². The number of hydrogen-bond acceptors (Lipinski definition) is 6. The van der Waals surface area contributed by atoms with Crippen molar-refractivity contribution in [3.8, 4) is 0 Å². The number of para-hydroxylation sites is 1. The van der Waals surface area contributed by atoms with Crippen LogP contribution in [0.15, 0.2) is 41.8 Å². The van der Waals surface area contributed by atoms with Gasteiger partial charge in [0.1, 0.15) is 10.4 Å². The fraction of sp³-hybridized carbons (Fsp3) is 0.476. The number of nitrogens with zero attached hydrogens (tertiary/aromatic N) is 1. The standard InChI is InChI=1S/C21H26N4O5S/c1-4-14-10-21(14,23-18(27)20-9-15(20)11-25(12-20)13(2)26)19(28)24-31(29,30)17-8-6-5-7-16(17)22-3/h4-8,14-15,22H,1,9-12H2,2-3H3,(H,23,27)(H,24,28)/t14-,15?,20?,21-/m1/s1. The van der Waals surface area contributed by atoms with Crippen LogP contribution >= 0.6 is 0 Å². The van der Waals surface area contributed by atoms with Crippen LogP contribution in [0.5, 0.6) is 0 Å². The molecule has 31 heavy (non-hydrogen) atoms. The molecule has 2 unspecified atom stereocenters. The van der Waals surface area contributed by atoms with Crippen LogP contribution in [0, 0.1) is 17.3 Å². The van der Waals surface area contributed by atoms with Crippen molar-refractivity contribution >= 4 is 33.4 Å². The summed E-state index contributed by atoms with van der Waals surface area (Å²) in [5.41, 5.74) is -1.69. The van der Waals surface area contributed by atoms with Gasteiger partial charge in [-0.05, 0) is 30.9 Å². The van der Waals surface area contributed by atoms with Crippen LogP contribution in [0.4, 0.5) is 5.69 Å². The minimum absolute atomic E-state index is 0.0585. The van der Waals surface area contributed by atoms with Crippen molar-refractivity contribution in [3.05, 3.63) is 36.9 Å². The van der Waals surface area contributed by atoms with Gasteiger partial charge in [-0.15, -0.1) is 6.58 Å². The van der Waals surface area contributed by atoms with Crippen molar-refractivity contribution in [2.24, 2.45) is 17.3 Å². The lowest BCUT2D eigenvalue weighted by molar-refractivity contribution is -0.133. The number of hydrogen-bond donors (Lipinski definition) is 3. The number of piperidine rings is 1. The number of anilines is 1. The SMILES string of the molecule is C=C[C@@H]1C[C@]1(NC(=O)C12CC1CN(C(C)=O)C2)C(=O)NS(=O)(=O)c1ccccc1NC. The van der Waals surface area contributed by atoms with Crippen molar-refractivity contribution in [2.45, 2.75) is 30.2 Å². The zero-order valence-corrected chi connectivity index (χ0v) is 18.3. The van der Waals surface area contributed by atoms with Crippen LogP contribution < -0.4 is 15.4 Å². The molecule has 0 bridgehead atoms. The van der Waals surface area contributed by atoms with Gasteiger partial charge >= 0.3 is 0 Å². The highest BCUT2D eigenvalue weighted by atomic mass is 32.2. The van der Waals surface area contributed by atoms with Crippen LogP contribution in [0.25, 0.3) is 0 Å². The number of carbonyl (C=O) groups is 3. The lowest BCUT2D eigenvalue weighted by Crippen LogP contribution is -2.54. The third-order valence-corrected chi connectivity index (χ3v) is 8.15. The summed E-state index contributed by atoms with van der Waals surface area (Å²) in [5, 5.41) is 5.61. The fourth-order valence-corrected chi connectivity index (χ4v) is 5.86. The summed E-state index contributed by atoms with van der Waals surface area (Å²) in [7, 11) is -2.57. The van der Waals surface area contributed by atoms with E-state index >= 15 is 0 Å². The monoisotopic (exact) mass is 446 g/mol. The Morgan fingerprint density at radius 3 is 2.48 bits per heavy atom. The van der Waals surface area contributed by atoms with E-state index in [0.717, 1.165) is 0 Å². The van der Waals surface area contributed by atoms with Gasteiger partial charge in [0.15, 0.2) is 0 Å². The predicted molar refractivity (Wildman–Crippen MR) is 113 cm³/mol. The van der Waals surface area contributed by atoms with E-state index in [2.05, 4.69) is 21.9 Å². The molecule has 10 heteroatoms. The van der Waals surface area contributed by atoms with E-state index in [1.54, 1.807) is 36.2 Å². The second kappa shape index (κ2) is 7.08. The van der Waals surface area contributed by atoms with Crippen molar-refractivity contribution in [1.29, 1.82) is 0 Å². The highest BCUT2D eigenvalue weighted by Crippen LogP contribution is 2.59. The molecule has 1 heterocycles. The molecule has 1 saturated heterocycles. The Kier molecular flexibility index (Phi) is 4.88. The summed E-state index contributed by atoms with van der Waals surface area (Å²) in [6, 6.07) is 6.23. The normalized spacial score (nSPS) is 30.7. The molecule has 0 radical (unpaired) electrons. The van der Waals surface area contributed by atoms with Crippen LogP contribution in [0.1, 0.15) is 19.8 Å². The van der Waals surface area contributed by atoms with Gasteiger partial charge in [-0.1, -0.05) is 18.2 Å². The zero-order valence-electron chi connectivity index (χ0n) is 17.5. The smallest absolute Gasteiger partial charge is 0.266 e. The molecule has 3 N–H and O–H groups in total. The van der Waals surface area contributed by atoms with Gasteiger partial charge in [-0.3, -0.25) is 14.4 Å². The average Bonchev–Trinajstić information content (AvgIpc) is 3.60. The van der Waals surface area contributed by atoms with Crippen molar-refractivity contribution in [3.63, 3.8) is 0 Å². The first kappa shape index (κ1) is 21.4. The molecule has 2 saturated carbocycles. The van der Waals surface area contributed by atoms with Gasteiger partial charge < -0.3 is 15.5 Å². The Bertz CT molecular complexity index is 1090. The number of fused-ring (bicyclic) bond motifs is 1. The van der Waals surface area contributed by atoms with Gasteiger partial charge in [-0.2, -0.15) is 0 Å². The molecule has 4 atom stereocenters. The zero-order chi connectivity index (χ0) is 22.6. The Morgan fingerprint density at radius 1 is 1.19 bits per heavy atom. The molecule has 4 rings (SSSR count). The maximum absolute atomic E-state index is 13.1. The van der Waals surface area contributed by atoms with E-state index in [9.17, 15) is 22.8 Å². The van der Waals surface area contributed by atoms with Gasteiger partial charge in [0.2, 0.25) is 11.8 Å². The van der Waals surface area contributed by atoms with Gasteiger partial charge in [0, 0.05) is 33.0 Å². The van der Waals surface area contributed by atoms with E-state index in [-0.39, 0.29) is 35.0 Å². The summed E-state index contributed by atoms with van der Waals surface area (Å²) >= 11 is 0. The van der Waals surface area contributed by atoms with Gasteiger partial charge in [0.25, 0.3) is 15.9 Å². The Morgan fingerprint density at radius 2 is 1.90 bits per heavy atom. The predicted octanol–water partition coefficient (Wildman–Crippen LogP) is 0.463. The maximum atomic E-state index is 13.1. The lowest BCUT2D eigenvalue weighted by Gasteiger charge is -2.23. The molecule has 0 aromatic heterocycles. The molecular formula is C21H26N4O5S. The third-order valence-electron chi connectivity index (χ3n) is 6.76. The first-order valence-electron chi connectivity index (χ1n) is 10.1. The van der Waals surface area contributed by atoms with Crippen LogP contribution in [0.3, 0.4) is 0 Å². The van der Waals surface area contributed by atoms with Gasteiger partial charge in [0.05, 0.1) is 11.1 Å². The second-order valence-electron chi connectivity index (χ2n) is 8.61. The minimum Gasteiger partial charge on any atom is -0.387 e. The molecule has 0 spiro atoms. The minimum atomic E-state index is -4.16. The quantitative estimate of drug-likeness (QED) is 0.523. The molecule has 3 aliphatic rings. The average molecular weight is 447 g/mol. The highest BCUT2D eigenvalue weighted by Gasteiger charge is 2.69. The summed E-state index contributed by atoms with van der Waals surface area (Å²) in [5.74, 6) is -1.48. The number of sulfonamides is 1. The fourth-order valence-electron chi connectivity index (χ4n) is 4.61. The number of benzene rings is 1. The maximum Gasteiger partial charge on any atom is 0.266 e. The molecule has 1 aromatic rings. The molecule has 9 nitrogen and oxygen atoms in total. The number of amides is 3.